The normalized spacial score (nSPS) is 24.4. The van der Waals surface area contributed by atoms with Crippen molar-refractivity contribution in [1.82, 2.24) is 4.90 Å². The van der Waals surface area contributed by atoms with Gasteiger partial charge in [-0.1, -0.05) is 24.6 Å². The second kappa shape index (κ2) is 5.59. The molecule has 98 valence electrons. The van der Waals surface area contributed by atoms with E-state index in [1.54, 1.807) is 0 Å². The summed E-state index contributed by atoms with van der Waals surface area (Å²) in [7, 11) is 0. The van der Waals surface area contributed by atoms with E-state index in [4.69, 9.17) is 16.7 Å². The average Bonchev–Trinajstić information content (AvgIpc) is 2.65. The lowest BCUT2D eigenvalue weighted by atomic mass is 9.99. The zero-order valence-corrected chi connectivity index (χ0v) is 12.4. The second-order valence-corrected chi connectivity index (χ2v) is 6.13. The minimum atomic E-state index is -0.696. The molecule has 1 aliphatic rings. The van der Waals surface area contributed by atoms with E-state index in [9.17, 15) is 4.79 Å². The number of rotatable bonds is 3. The van der Waals surface area contributed by atoms with E-state index < -0.39 is 5.97 Å². The highest BCUT2D eigenvalue weighted by molar-refractivity contribution is 9.10. The van der Waals surface area contributed by atoms with Gasteiger partial charge in [0, 0.05) is 24.1 Å². The summed E-state index contributed by atoms with van der Waals surface area (Å²) >= 11 is 9.40. The van der Waals surface area contributed by atoms with E-state index in [0.29, 0.717) is 11.6 Å². The Balaban J connectivity index is 2.03. The van der Waals surface area contributed by atoms with E-state index in [1.165, 1.54) is 0 Å². The summed E-state index contributed by atoms with van der Waals surface area (Å²) in [6, 6.07) is 5.85. The molecule has 1 aromatic carbocycles. The van der Waals surface area contributed by atoms with Gasteiger partial charge in [-0.15, -0.1) is 0 Å². The topological polar surface area (TPSA) is 40.5 Å². The molecule has 1 fully saturated rings. The van der Waals surface area contributed by atoms with Crippen LogP contribution in [0.2, 0.25) is 5.02 Å². The first-order valence-corrected chi connectivity index (χ1v) is 7.03. The number of carbonyl (C=O) groups is 1. The smallest absolute Gasteiger partial charge is 0.308 e. The van der Waals surface area contributed by atoms with Crippen molar-refractivity contribution in [3.63, 3.8) is 0 Å². The van der Waals surface area contributed by atoms with E-state index >= 15 is 0 Å². The van der Waals surface area contributed by atoms with E-state index in [2.05, 4.69) is 20.8 Å². The van der Waals surface area contributed by atoms with E-state index in [1.807, 2.05) is 25.1 Å². The van der Waals surface area contributed by atoms with Crippen molar-refractivity contribution in [3.8, 4) is 0 Å². The fourth-order valence-corrected chi connectivity index (χ4v) is 2.86. The molecule has 1 heterocycles. The molecular weight excluding hydrogens is 318 g/mol. The fraction of sp³-hybridized carbons (Fsp3) is 0.462. The lowest BCUT2D eigenvalue weighted by Crippen LogP contribution is -2.23. The molecule has 3 nitrogen and oxygen atoms in total. The zero-order chi connectivity index (χ0) is 13.3. The zero-order valence-electron chi connectivity index (χ0n) is 10.1. The van der Waals surface area contributed by atoms with Crippen LogP contribution in [0.25, 0.3) is 0 Å². The molecule has 1 aromatic rings. The minimum Gasteiger partial charge on any atom is -0.481 e. The highest BCUT2D eigenvalue weighted by atomic mass is 79.9. The van der Waals surface area contributed by atoms with Crippen LogP contribution in [0, 0.1) is 11.8 Å². The molecule has 0 spiro atoms. The molecule has 5 heteroatoms. The van der Waals surface area contributed by atoms with Gasteiger partial charge in [0.1, 0.15) is 0 Å². The first-order chi connectivity index (χ1) is 8.47. The number of nitrogens with zero attached hydrogens (tertiary/aromatic N) is 1. The van der Waals surface area contributed by atoms with Gasteiger partial charge < -0.3 is 5.11 Å². The summed E-state index contributed by atoms with van der Waals surface area (Å²) < 4.78 is 0.881. The maximum atomic E-state index is 11.1. The molecule has 0 unspecified atom stereocenters. The number of halogens is 2. The summed E-state index contributed by atoms with van der Waals surface area (Å²) in [6.07, 6.45) is 0. The monoisotopic (exact) mass is 331 g/mol. The van der Waals surface area contributed by atoms with Crippen LogP contribution < -0.4 is 0 Å². The van der Waals surface area contributed by atoms with Crippen LogP contribution in [0.15, 0.2) is 22.7 Å². The van der Waals surface area contributed by atoms with Gasteiger partial charge in [0.2, 0.25) is 0 Å². The van der Waals surface area contributed by atoms with Gasteiger partial charge in [0.15, 0.2) is 0 Å². The van der Waals surface area contributed by atoms with Crippen molar-refractivity contribution in [2.45, 2.75) is 13.5 Å². The molecule has 0 bridgehead atoms. The van der Waals surface area contributed by atoms with Crippen molar-refractivity contribution < 1.29 is 9.90 Å². The van der Waals surface area contributed by atoms with Gasteiger partial charge >= 0.3 is 5.97 Å². The summed E-state index contributed by atoms with van der Waals surface area (Å²) in [5, 5.41) is 9.78. The summed E-state index contributed by atoms with van der Waals surface area (Å²) in [6.45, 7) is 4.18. The number of carboxylic acid groups (broad SMARTS) is 1. The number of likely N-dealkylation sites (tertiary alicyclic amines) is 1. The van der Waals surface area contributed by atoms with Crippen molar-refractivity contribution in [1.29, 1.82) is 0 Å². The molecule has 0 saturated carbocycles. The lowest BCUT2D eigenvalue weighted by molar-refractivity contribution is -0.142. The maximum Gasteiger partial charge on any atom is 0.308 e. The Morgan fingerprint density at radius 3 is 2.83 bits per heavy atom. The predicted molar refractivity (Wildman–Crippen MR) is 74.7 cm³/mol. The Hall–Kier alpha value is -0.580. The number of benzene rings is 1. The molecule has 2 rings (SSSR count). The van der Waals surface area contributed by atoms with Crippen LogP contribution in [0.5, 0.6) is 0 Å². The molecule has 0 aliphatic carbocycles. The summed E-state index contributed by atoms with van der Waals surface area (Å²) in [5.74, 6) is -0.747. The number of carboxylic acids is 1. The predicted octanol–water partition coefficient (Wildman–Crippen LogP) is 3.26. The highest BCUT2D eigenvalue weighted by Crippen LogP contribution is 2.27. The minimum absolute atomic E-state index is 0.202. The molecule has 0 radical (unpaired) electrons. The van der Waals surface area contributed by atoms with Crippen molar-refractivity contribution in [2.24, 2.45) is 11.8 Å². The van der Waals surface area contributed by atoms with Gasteiger partial charge in [-0.2, -0.15) is 0 Å². The number of hydrogen-bond acceptors (Lipinski definition) is 2. The number of hydrogen-bond donors (Lipinski definition) is 1. The van der Waals surface area contributed by atoms with Crippen LogP contribution in [-0.4, -0.2) is 29.1 Å². The molecule has 1 N–H and O–H groups in total. The van der Waals surface area contributed by atoms with Crippen LogP contribution >= 0.6 is 27.5 Å². The van der Waals surface area contributed by atoms with Gasteiger partial charge in [-0.3, -0.25) is 9.69 Å². The Morgan fingerprint density at radius 2 is 2.28 bits per heavy atom. The molecule has 0 aromatic heterocycles. The third-order valence-corrected chi connectivity index (χ3v) is 4.63. The third-order valence-electron chi connectivity index (χ3n) is 3.40. The van der Waals surface area contributed by atoms with E-state index in [0.717, 1.165) is 23.1 Å². The molecule has 0 amide bonds. The molecule has 18 heavy (non-hydrogen) atoms. The molecule has 1 saturated heterocycles. The SMILES string of the molecule is C[C@@H]1CN(Cc2ccc(Br)c(Cl)c2)C[C@H]1C(=O)O. The van der Waals surface area contributed by atoms with Crippen molar-refractivity contribution in [2.75, 3.05) is 13.1 Å². The third kappa shape index (κ3) is 3.05. The quantitative estimate of drug-likeness (QED) is 0.923. The highest BCUT2D eigenvalue weighted by Gasteiger charge is 2.34. The largest absolute Gasteiger partial charge is 0.481 e. The van der Waals surface area contributed by atoms with Crippen LogP contribution in [0.3, 0.4) is 0 Å². The Morgan fingerprint density at radius 1 is 1.56 bits per heavy atom. The van der Waals surface area contributed by atoms with Gasteiger partial charge in [-0.25, -0.2) is 0 Å². The van der Waals surface area contributed by atoms with Gasteiger partial charge in [-0.05, 0) is 39.5 Å². The van der Waals surface area contributed by atoms with Gasteiger partial charge in [0.05, 0.1) is 10.9 Å². The lowest BCUT2D eigenvalue weighted by Gasteiger charge is -2.15. The number of aliphatic carboxylic acids is 1. The molecular formula is C13H15BrClNO2. The maximum absolute atomic E-state index is 11.1. The van der Waals surface area contributed by atoms with E-state index in [-0.39, 0.29) is 11.8 Å². The van der Waals surface area contributed by atoms with Crippen molar-refractivity contribution in [3.05, 3.63) is 33.3 Å². The average molecular weight is 333 g/mol. The van der Waals surface area contributed by atoms with Crippen LogP contribution in [-0.2, 0) is 11.3 Å². The Kier molecular flexibility index (Phi) is 4.30. The Bertz CT molecular complexity index is 466. The van der Waals surface area contributed by atoms with Crippen molar-refractivity contribution >= 4 is 33.5 Å². The molecule has 1 aliphatic heterocycles. The fourth-order valence-electron chi connectivity index (χ4n) is 2.41. The standard InChI is InChI=1S/C13H15BrClNO2/c1-8-5-16(7-10(8)13(17)18)6-9-2-3-11(14)12(15)4-9/h2-4,8,10H,5-7H2,1H3,(H,17,18)/t8-,10-/m1/s1. The molecule has 2 atom stereocenters. The summed E-state index contributed by atoms with van der Waals surface area (Å²) in [5.41, 5.74) is 1.11. The van der Waals surface area contributed by atoms with Crippen LogP contribution in [0.4, 0.5) is 0 Å². The Labute approximate surface area is 120 Å². The summed E-state index contributed by atoms with van der Waals surface area (Å²) in [4.78, 5) is 13.2. The first kappa shape index (κ1) is 13.8. The van der Waals surface area contributed by atoms with Gasteiger partial charge in [0.25, 0.3) is 0 Å². The first-order valence-electron chi connectivity index (χ1n) is 5.86. The van der Waals surface area contributed by atoms with Crippen LogP contribution in [0.1, 0.15) is 12.5 Å². The second-order valence-electron chi connectivity index (χ2n) is 4.86.